The minimum Gasteiger partial charge on any atom is -0.462 e. The number of esters is 1. The third-order valence-corrected chi connectivity index (χ3v) is 6.76. The Morgan fingerprint density at radius 3 is 2.51 bits per heavy atom. The first kappa shape index (κ1) is 22.9. The topological polar surface area (TPSA) is 85.8 Å². The van der Waals surface area contributed by atoms with Crippen LogP contribution < -0.4 is 4.90 Å². The van der Waals surface area contributed by atoms with Crippen molar-refractivity contribution in [3.05, 3.63) is 65.7 Å². The number of carbonyl (C=O) groups excluding carboxylic acids is 3. The molecule has 35 heavy (non-hydrogen) atoms. The molecule has 5 rings (SSSR count). The van der Waals surface area contributed by atoms with Crippen LogP contribution in [-0.4, -0.2) is 84.1 Å². The van der Waals surface area contributed by atoms with Crippen LogP contribution in [0.2, 0.25) is 0 Å². The molecule has 2 saturated heterocycles. The van der Waals surface area contributed by atoms with E-state index in [0.717, 1.165) is 12.1 Å². The summed E-state index contributed by atoms with van der Waals surface area (Å²) in [5.74, 6) is 0.136. The van der Waals surface area contributed by atoms with Crippen molar-refractivity contribution in [2.45, 2.75) is 32.0 Å². The van der Waals surface area contributed by atoms with Gasteiger partial charge < -0.3 is 19.4 Å². The van der Waals surface area contributed by atoms with Crippen LogP contribution in [0.1, 0.15) is 29.3 Å². The van der Waals surface area contributed by atoms with Crippen LogP contribution in [0.25, 0.3) is 0 Å². The third-order valence-electron chi connectivity index (χ3n) is 6.76. The van der Waals surface area contributed by atoms with Crippen molar-refractivity contribution in [3.8, 4) is 0 Å². The second kappa shape index (κ2) is 9.40. The summed E-state index contributed by atoms with van der Waals surface area (Å²) in [6.45, 7) is 3.77. The number of anilines is 1. The van der Waals surface area contributed by atoms with Crippen LogP contribution in [0.3, 0.4) is 0 Å². The van der Waals surface area contributed by atoms with E-state index in [1.807, 2.05) is 40.1 Å². The number of carbonyl (C=O) groups is 3. The molecule has 0 bridgehead atoms. The molecule has 0 radical (unpaired) electrons. The maximum Gasteiger partial charge on any atom is 0.338 e. The Hall–Kier alpha value is -3.88. The molecule has 2 aromatic rings. The summed E-state index contributed by atoms with van der Waals surface area (Å²) in [7, 11) is 1.71. The Balaban J connectivity index is 1.30. The van der Waals surface area contributed by atoms with Crippen molar-refractivity contribution in [1.82, 2.24) is 14.7 Å². The Bertz CT molecular complexity index is 1150. The van der Waals surface area contributed by atoms with E-state index >= 15 is 0 Å². The molecule has 2 fully saturated rings. The predicted molar refractivity (Wildman–Crippen MR) is 131 cm³/mol. The average molecular weight is 476 g/mol. The zero-order chi connectivity index (χ0) is 24.5. The van der Waals surface area contributed by atoms with Crippen molar-refractivity contribution < 1.29 is 19.1 Å². The molecule has 0 aliphatic carbocycles. The molecule has 182 valence electrons. The number of aryl methyl sites for hydroxylation is 1. The largest absolute Gasteiger partial charge is 0.462 e. The summed E-state index contributed by atoms with van der Waals surface area (Å²) < 4.78 is 5.06. The van der Waals surface area contributed by atoms with Gasteiger partial charge >= 0.3 is 12.0 Å². The maximum absolute atomic E-state index is 13.5. The molecule has 9 heteroatoms. The highest BCUT2D eigenvalue weighted by Crippen LogP contribution is 2.33. The van der Waals surface area contributed by atoms with Gasteiger partial charge in [-0.3, -0.25) is 9.69 Å². The number of guanidine groups is 1. The summed E-state index contributed by atoms with van der Waals surface area (Å²) in [6.07, 6.45) is 0.966. The van der Waals surface area contributed by atoms with Crippen molar-refractivity contribution in [1.29, 1.82) is 0 Å². The summed E-state index contributed by atoms with van der Waals surface area (Å²) in [6, 6.07) is 16.4. The van der Waals surface area contributed by atoms with Crippen molar-refractivity contribution >= 4 is 29.6 Å². The quantitative estimate of drug-likeness (QED) is 0.573. The molecule has 0 saturated carbocycles. The lowest BCUT2D eigenvalue weighted by atomic mass is 10.1. The van der Waals surface area contributed by atoms with E-state index in [9.17, 15) is 14.4 Å². The molecule has 2 aromatic carbocycles. The second-order valence-electron chi connectivity index (χ2n) is 8.87. The fourth-order valence-corrected chi connectivity index (χ4v) is 4.96. The summed E-state index contributed by atoms with van der Waals surface area (Å²) in [5.41, 5.74) is 2.55. The zero-order valence-corrected chi connectivity index (χ0v) is 20.0. The Morgan fingerprint density at radius 1 is 1.06 bits per heavy atom. The highest BCUT2D eigenvalue weighted by atomic mass is 16.5. The molecular formula is C26H29N5O4. The van der Waals surface area contributed by atoms with Gasteiger partial charge in [-0.25, -0.2) is 14.6 Å². The van der Waals surface area contributed by atoms with Crippen molar-refractivity contribution in [2.24, 2.45) is 4.99 Å². The summed E-state index contributed by atoms with van der Waals surface area (Å²) in [4.78, 5) is 50.2. The predicted octanol–water partition coefficient (Wildman–Crippen LogP) is 2.58. The Labute approximate surface area is 204 Å². The van der Waals surface area contributed by atoms with Crippen LogP contribution >= 0.6 is 0 Å². The minimum absolute atomic E-state index is 0.190. The fraction of sp³-hybridized carbons (Fsp3) is 0.385. The molecule has 3 amide bonds. The van der Waals surface area contributed by atoms with E-state index in [4.69, 9.17) is 9.73 Å². The number of nitrogens with zero attached hydrogens (tertiary/aromatic N) is 5. The molecule has 2 unspecified atom stereocenters. The molecule has 0 N–H and O–H groups in total. The van der Waals surface area contributed by atoms with Crippen molar-refractivity contribution in [2.75, 3.05) is 38.2 Å². The van der Waals surface area contributed by atoms with Gasteiger partial charge in [0.1, 0.15) is 0 Å². The zero-order valence-electron chi connectivity index (χ0n) is 20.0. The third kappa shape index (κ3) is 4.11. The van der Waals surface area contributed by atoms with E-state index in [1.54, 1.807) is 31.0 Å². The smallest absolute Gasteiger partial charge is 0.338 e. The lowest BCUT2D eigenvalue weighted by molar-refractivity contribution is -0.137. The number of benzene rings is 2. The molecular weight excluding hydrogens is 446 g/mol. The van der Waals surface area contributed by atoms with Crippen LogP contribution in [0, 0.1) is 0 Å². The number of hydrogen-bond donors (Lipinski definition) is 0. The minimum atomic E-state index is -0.544. The van der Waals surface area contributed by atoms with Crippen LogP contribution in [0.15, 0.2) is 59.6 Å². The molecule has 3 aliphatic rings. The van der Waals surface area contributed by atoms with Gasteiger partial charge in [-0.15, -0.1) is 0 Å². The number of amides is 3. The van der Waals surface area contributed by atoms with Gasteiger partial charge in [0.2, 0.25) is 5.96 Å². The SMILES string of the molecule is CCOC(=O)c1ccc(N2CCN3C2=NC2C3C(=O)N(CCCc3ccccc3)C(=O)N2C)cc1. The molecule has 0 aromatic heterocycles. The first-order valence-corrected chi connectivity index (χ1v) is 12.0. The standard InChI is InChI=1S/C26H29N5O4/c1-3-35-24(33)19-11-13-20(14-12-19)29-16-17-30-21-22(27-25(29)30)28(2)26(34)31(23(21)32)15-7-10-18-8-5-4-6-9-18/h4-6,8-9,11-14,21-22H,3,7,10,15-17H2,1-2H3. The van der Waals surface area contributed by atoms with Gasteiger partial charge in [0.25, 0.3) is 5.91 Å². The van der Waals surface area contributed by atoms with Gasteiger partial charge in [0.15, 0.2) is 12.2 Å². The van der Waals surface area contributed by atoms with Gasteiger partial charge in [0.05, 0.1) is 12.2 Å². The number of fused-ring (bicyclic) bond motifs is 3. The van der Waals surface area contributed by atoms with E-state index in [2.05, 4.69) is 12.1 Å². The Morgan fingerprint density at radius 2 is 1.80 bits per heavy atom. The number of rotatable bonds is 7. The van der Waals surface area contributed by atoms with E-state index in [0.29, 0.717) is 44.2 Å². The number of likely N-dealkylation sites (N-methyl/N-ethyl adjacent to an activating group) is 1. The van der Waals surface area contributed by atoms with Crippen molar-refractivity contribution in [3.63, 3.8) is 0 Å². The van der Waals surface area contributed by atoms with Crippen LogP contribution in [0.5, 0.6) is 0 Å². The van der Waals surface area contributed by atoms with Gasteiger partial charge in [-0.1, -0.05) is 30.3 Å². The highest BCUT2D eigenvalue weighted by molar-refractivity contribution is 6.08. The van der Waals surface area contributed by atoms with E-state index in [-0.39, 0.29) is 17.9 Å². The lowest BCUT2D eigenvalue weighted by Gasteiger charge is -2.40. The molecule has 2 atom stereocenters. The number of aliphatic imine (C=N–C) groups is 1. The first-order valence-electron chi connectivity index (χ1n) is 12.0. The van der Waals surface area contributed by atoms with E-state index in [1.165, 1.54) is 10.5 Å². The monoisotopic (exact) mass is 475 g/mol. The number of ether oxygens (including phenoxy) is 1. The molecule has 9 nitrogen and oxygen atoms in total. The molecule has 0 spiro atoms. The van der Waals surface area contributed by atoms with E-state index < -0.39 is 12.2 Å². The number of urea groups is 1. The Kier molecular flexibility index (Phi) is 6.15. The average Bonchev–Trinajstić information content (AvgIpc) is 3.45. The second-order valence-corrected chi connectivity index (χ2v) is 8.87. The van der Waals surface area contributed by atoms with Gasteiger partial charge in [-0.05, 0) is 49.6 Å². The van der Waals surface area contributed by atoms with Crippen LogP contribution in [-0.2, 0) is 16.0 Å². The fourth-order valence-electron chi connectivity index (χ4n) is 4.96. The van der Waals surface area contributed by atoms with Gasteiger partial charge in [-0.2, -0.15) is 0 Å². The highest BCUT2D eigenvalue weighted by Gasteiger charge is 2.54. The van der Waals surface area contributed by atoms with Gasteiger partial charge in [0, 0.05) is 32.4 Å². The lowest BCUT2D eigenvalue weighted by Crippen LogP contribution is -2.64. The molecule has 3 heterocycles. The van der Waals surface area contributed by atoms with Crippen LogP contribution in [0.4, 0.5) is 10.5 Å². The summed E-state index contributed by atoms with van der Waals surface area (Å²) in [5, 5.41) is 0. The summed E-state index contributed by atoms with van der Waals surface area (Å²) >= 11 is 0. The first-order chi connectivity index (χ1) is 17.0. The number of hydrogen-bond acceptors (Lipinski definition) is 7. The molecule has 3 aliphatic heterocycles. The normalized spacial score (nSPS) is 21.3. The maximum atomic E-state index is 13.5. The number of imide groups is 1.